The Labute approximate surface area is 81.7 Å². The molecule has 0 saturated carbocycles. The molecule has 0 radical (unpaired) electrons. The molecule has 0 bridgehead atoms. The zero-order chi connectivity index (χ0) is 10.6. The highest BCUT2D eigenvalue weighted by atomic mass is 19.1. The lowest BCUT2D eigenvalue weighted by molar-refractivity contribution is 0.179. The van der Waals surface area contributed by atoms with Crippen LogP contribution in [-0.2, 0) is 11.2 Å². The second-order valence-corrected chi connectivity index (χ2v) is 3.12. The van der Waals surface area contributed by atoms with Crippen LogP contribution in [0.4, 0.5) is 8.78 Å². The quantitative estimate of drug-likeness (QED) is 0.800. The summed E-state index contributed by atoms with van der Waals surface area (Å²) in [5.41, 5.74) is 5.62. The lowest BCUT2D eigenvalue weighted by atomic mass is 10.1. The molecule has 0 fully saturated rings. The first-order chi connectivity index (χ1) is 6.65. The van der Waals surface area contributed by atoms with Gasteiger partial charge in [0.25, 0.3) is 0 Å². The molecule has 0 aliphatic carbocycles. The maximum Gasteiger partial charge on any atom is 0.129 e. The topological polar surface area (TPSA) is 35.2 Å². The van der Waals surface area contributed by atoms with E-state index in [9.17, 15) is 8.78 Å². The molecule has 1 atom stereocenters. The van der Waals surface area contributed by atoms with Gasteiger partial charge in [0.05, 0.1) is 6.61 Å². The van der Waals surface area contributed by atoms with E-state index >= 15 is 0 Å². The van der Waals surface area contributed by atoms with E-state index < -0.39 is 11.6 Å². The van der Waals surface area contributed by atoms with Gasteiger partial charge >= 0.3 is 0 Å². The minimum atomic E-state index is -0.559. The zero-order valence-corrected chi connectivity index (χ0v) is 7.97. The molecule has 0 aliphatic rings. The van der Waals surface area contributed by atoms with Crippen molar-refractivity contribution in [3.05, 3.63) is 35.4 Å². The molecule has 0 heterocycles. The highest BCUT2D eigenvalue weighted by Gasteiger charge is 2.12. The highest BCUT2D eigenvalue weighted by molar-refractivity contribution is 5.20. The number of hydrogen-bond donors (Lipinski definition) is 1. The fraction of sp³-hybridized carbons (Fsp3) is 0.400. The van der Waals surface area contributed by atoms with E-state index in [-0.39, 0.29) is 24.6 Å². The summed E-state index contributed by atoms with van der Waals surface area (Å²) < 4.78 is 31.0. The Morgan fingerprint density at radius 1 is 1.36 bits per heavy atom. The van der Waals surface area contributed by atoms with Crippen molar-refractivity contribution >= 4 is 0 Å². The monoisotopic (exact) mass is 201 g/mol. The van der Waals surface area contributed by atoms with Crippen LogP contribution in [0.3, 0.4) is 0 Å². The number of nitrogens with two attached hydrogens (primary N) is 1. The number of methoxy groups -OCH3 is 1. The lowest BCUT2D eigenvalue weighted by Crippen LogP contribution is -2.28. The summed E-state index contributed by atoms with van der Waals surface area (Å²) in [6, 6.07) is 3.39. The third kappa shape index (κ3) is 2.75. The van der Waals surface area contributed by atoms with E-state index in [1.54, 1.807) is 0 Å². The fourth-order valence-corrected chi connectivity index (χ4v) is 1.26. The van der Waals surface area contributed by atoms with Gasteiger partial charge in [0.1, 0.15) is 11.6 Å². The Morgan fingerprint density at radius 2 is 1.93 bits per heavy atom. The predicted octanol–water partition coefficient (Wildman–Crippen LogP) is 1.48. The van der Waals surface area contributed by atoms with Gasteiger partial charge in [0.15, 0.2) is 0 Å². The van der Waals surface area contributed by atoms with Crippen LogP contribution in [0, 0.1) is 11.6 Å². The van der Waals surface area contributed by atoms with Crippen LogP contribution in [0.5, 0.6) is 0 Å². The molecule has 2 N–H and O–H groups in total. The molecule has 1 aromatic carbocycles. The Hall–Kier alpha value is -1.00. The van der Waals surface area contributed by atoms with Crippen LogP contribution in [0.1, 0.15) is 5.56 Å². The number of halogens is 2. The van der Waals surface area contributed by atoms with Crippen molar-refractivity contribution in [2.24, 2.45) is 5.73 Å². The molecule has 1 rings (SSSR count). The number of rotatable bonds is 4. The molecule has 0 aliphatic heterocycles. The molecule has 1 unspecified atom stereocenters. The van der Waals surface area contributed by atoms with E-state index in [1.165, 1.54) is 25.3 Å². The first kappa shape index (κ1) is 11.1. The average Bonchev–Trinajstić information content (AvgIpc) is 2.12. The van der Waals surface area contributed by atoms with E-state index in [0.29, 0.717) is 0 Å². The molecule has 1 aromatic rings. The van der Waals surface area contributed by atoms with Crippen LogP contribution >= 0.6 is 0 Å². The Kier molecular flexibility index (Phi) is 3.98. The second-order valence-electron chi connectivity index (χ2n) is 3.12. The minimum absolute atomic E-state index is 0.0250. The van der Waals surface area contributed by atoms with Crippen LogP contribution < -0.4 is 5.73 Å². The van der Waals surface area contributed by atoms with Gasteiger partial charge in [-0.05, 0) is 18.6 Å². The summed E-state index contributed by atoms with van der Waals surface area (Å²) >= 11 is 0. The van der Waals surface area contributed by atoms with Crippen molar-refractivity contribution in [1.29, 1.82) is 0 Å². The molecule has 0 spiro atoms. The van der Waals surface area contributed by atoms with Crippen LogP contribution in [0.25, 0.3) is 0 Å². The molecular formula is C10H13F2NO. The first-order valence-corrected chi connectivity index (χ1v) is 4.32. The van der Waals surface area contributed by atoms with Crippen LogP contribution in [-0.4, -0.2) is 19.8 Å². The largest absolute Gasteiger partial charge is 0.383 e. The zero-order valence-electron chi connectivity index (χ0n) is 7.97. The van der Waals surface area contributed by atoms with Crippen LogP contribution in [0.15, 0.2) is 18.2 Å². The molecular weight excluding hydrogens is 188 g/mol. The van der Waals surface area contributed by atoms with E-state index in [2.05, 4.69) is 0 Å². The second kappa shape index (κ2) is 5.02. The summed E-state index contributed by atoms with van der Waals surface area (Å²) in [7, 11) is 1.50. The third-order valence-electron chi connectivity index (χ3n) is 1.91. The number of ether oxygens (including phenoxy) is 1. The van der Waals surface area contributed by atoms with Gasteiger partial charge in [0, 0.05) is 18.7 Å². The SMILES string of the molecule is COCC(N)Cc1c(F)cccc1F. The fourth-order valence-electron chi connectivity index (χ4n) is 1.26. The van der Waals surface area contributed by atoms with Crippen molar-refractivity contribution in [3.63, 3.8) is 0 Å². The maximum absolute atomic E-state index is 13.1. The number of benzene rings is 1. The van der Waals surface area contributed by atoms with Gasteiger partial charge in [-0.2, -0.15) is 0 Å². The predicted molar refractivity (Wildman–Crippen MR) is 49.9 cm³/mol. The summed E-state index contributed by atoms with van der Waals surface area (Å²) in [6.45, 7) is 0.285. The summed E-state index contributed by atoms with van der Waals surface area (Å²) in [6.07, 6.45) is 0.145. The maximum atomic E-state index is 13.1. The third-order valence-corrected chi connectivity index (χ3v) is 1.91. The van der Waals surface area contributed by atoms with Gasteiger partial charge < -0.3 is 10.5 Å². The highest BCUT2D eigenvalue weighted by Crippen LogP contribution is 2.13. The Bertz CT molecular complexity index is 284. The lowest BCUT2D eigenvalue weighted by Gasteiger charge is -2.11. The Morgan fingerprint density at radius 3 is 2.43 bits per heavy atom. The molecule has 4 heteroatoms. The van der Waals surface area contributed by atoms with E-state index in [0.717, 1.165) is 0 Å². The molecule has 2 nitrogen and oxygen atoms in total. The molecule has 0 amide bonds. The first-order valence-electron chi connectivity index (χ1n) is 4.32. The average molecular weight is 201 g/mol. The van der Waals surface area contributed by atoms with E-state index in [4.69, 9.17) is 10.5 Å². The van der Waals surface area contributed by atoms with Gasteiger partial charge in [-0.3, -0.25) is 0 Å². The Balaban J connectivity index is 2.75. The summed E-state index contributed by atoms with van der Waals surface area (Å²) in [4.78, 5) is 0. The van der Waals surface area contributed by atoms with Crippen molar-refractivity contribution in [1.82, 2.24) is 0 Å². The van der Waals surface area contributed by atoms with E-state index in [1.807, 2.05) is 0 Å². The normalized spacial score (nSPS) is 12.9. The van der Waals surface area contributed by atoms with Crippen molar-refractivity contribution < 1.29 is 13.5 Å². The smallest absolute Gasteiger partial charge is 0.129 e. The van der Waals surface area contributed by atoms with Crippen molar-refractivity contribution in [2.75, 3.05) is 13.7 Å². The van der Waals surface area contributed by atoms with Gasteiger partial charge in [-0.1, -0.05) is 6.07 Å². The summed E-state index contributed by atoms with van der Waals surface area (Å²) in [5, 5.41) is 0. The standard InChI is InChI=1S/C10H13F2NO/c1-14-6-7(13)5-8-9(11)3-2-4-10(8)12/h2-4,7H,5-6,13H2,1H3. The molecule has 78 valence electrons. The molecule has 0 aromatic heterocycles. The van der Waals surface area contributed by atoms with Gasteiger partial charge in [-0.15, -0.1) is 0 Å². The van der Waals surface area contributed by atoms with Gasteiger partial charge in [-0.25, -0.2) is 8.78 Å². The minimum Gasteiger partial charge on any atom is -0.383 e. The number of hydrogen-bond acceptors (Lipinski definition) is 2. The van der Waals surface area contributed by atoms with Crippen molar-refractivity contribution in [2.45, 2.75) is 12.5 Å². The summed E-state index contributed by atoms with van der Waals surface area (Å²) in [5.74, 6) is -1.12. The molecule has 14 heavy (non-hydrogen) atoms. The molecule has 0 saturated heterocycles. The van der Waals surface area contributed by atoms with Crippen LogP contribution in [0.2, 0.25) is 0 Å². The van der Waals surface area contributed by atoms with Gasteiger partial charge in [0.2, 0.25) is 0 Å². The van der Waals surface area contributed by atoms with Crippen molar-refractivity contribution in [3.8, 4) is 0 Å².